The predicted molar refractivity (Wildman–Crippen MR) is 135 cm³/mol. The van der Waals surface area contributed by atoms with Crippen molar-refractivity contribution in [1.82, 2.24) is 5.32 Å². The lowest BCUT2D eigenvalue weighted by molar-refractivity contribution is -0.147. The highest BCUT2D eigenvalue weighted by molar-refractivity contribution is 7.99. The van der Waals surface area contributed by atoms with E-state index in [2.05, 4.69) is 31.0 Å². The molecule has 6 nitrogen and oxygen atoms in total. The Kier molecular flexibility index (Phi) is 6.86. The van der Waals surface area contributed by atoms with Gasteiger partial charge in [-0.05, 0) is 41.4 Å². The topological polar surface area (TPSA) is 73.9 Å². The lowest BCUT2D eigenvalue weighted by Crippen LogP contribution is -2.42. The predicted octanol–water partition coefficient (Wildman–Crippen LogP) is 4.93. The van der Waals surface area contributed by atoms with Gasteiger partial charge in [0.2, 0.25) is 6.79 Å². The third-order valence-corrected chi connectivity index (χ3v) is 7.66. The number of hydrogen-bond donors (Lipinski definition) is 1. The van der Waals surface area contributed by atoms with Crippen LogP contribution in [0, 0.1) is 5.92 Å². The van der Waals surface area contributed by atoms with E-state index in [-0.39, 0.29) is 24.5 Å². The van der Waals surface area contributed by atoms with Crippen molar-refractivity contribution in [2.75, 3.05) is 24.9 Å². The molecule has 1 N–H and O–H groups in total. The van der Waals surface area contributed by atoms with Gasteiger partial charge in [-0.2, -0.15) is 11.8 Å². The maximum absolute atomic E-state index is 13.7. The van der Waals surface area contributed by atoms with Crippen LogP contribution in [-0.2, 0) is 14.3 Å². The number of Topliss-reactive ketones (excluding diaryl/α,β-unsaturated/α-hetero) is 1. The largest absolute Gasteiger partial charge is 0.464 e. The Balaban J connectivity index is 1.52. The summed E-state index contributed by atoms with van der Waals surface area (Å²) in [6.45, 7) is 6.76. The molecule has 182 valence electrons. The smallest absolute Gasteiger partial charge is 0.315 e. The summed E-state index contributed by atoms with van der Waals surface area (Å²) in [5.41, 5.74) is 4.00. The van der Waals surface area contributed by atoms with Crippen molar-refractivity contribution in [2.24, 2.45) is 5.92 Å². The zero-order valence-corrected chi connectivity index (χ0v) is 20.6. The van der Waals surface area contributed by atoms with Gasteiger partial charge in [0.1, 0.15) is 12.5 Å². The molecule has 0 spiro atoms. The van der Waals surface area contributed by atoms with Crippen molar-refractivity contribution in [3.05, 3.63) is 83.2 Å². The summed E-state index contributed by atoms with van der Waals surface area (Å²) in [5.74, 6) is 1.51. The van der Waals surface area contributed by atoms with Gasteiger partial charge in [0.15, 0.2) is 17.3 Å². The van der Waals surface area contributed by atoms with Gasteiger partial charge in [0, 0.05) is 35.1 Å². The first kappa shape index (κ1) is 23.5. The molecule has 3 aliphatic rings. The summed E-state index contributed by atoms with van der Waals surface area (Å²) >= 11 is 1.72. The minimum Gasteiger partial charge on any atom is -0.464 e. The lowest BCUT2D eigenvalue weighted by Gasteiger charge is -2.40. The van der Waals surface area contributed by atoms with Gasteiger partial charge in [-0.1, -0.05) is 49.9 Å². The second kappa shape index (κ2) is 10.2. The van der Waals surface area contributed by atoms with Crippen LogP contribution in [0.4, 0.5) is 0 Å². The molecule has 0 bridgehead atoms. The number of hydrogen-bond acceptors (Lipinski definition) is 7. The summed E-state index contributed by atoms with van der Waals surface area (Å²) < 4.78 is 16.7. The molecular formula is C28H29NO5S. The molecule has 3 unspecified atom stereocenters. The summed E-state index contributed by atoms with van der Waals surface area (Å²) in [7, 11) is 0. The SMILES string of the molecule is C=C1NC2=C(C(=O)CC(c3ccccc3)C2)C(c2ccc3c(c2)OCO3)C1C(=O)OCCSCC. The van der Waals surface area contributed by atoms with Crippen LogP contribution >= 0.6 is 11.8 Å². The van der Waals surface area contributed by atoms with Crippen molar-refractivity contribution in [3.8, 4) is 11.5 Å². The number of ketones is 1. The van der Waals surface area contributed by atoms with E-state index in [0.29, 0.717) is 42.2 Å². The Labute approximate surface area is 209 Å². The maximum atomic E-state index is 13.7. The average molecular weight is 492 g/mol. The molecule has 2 aliphatic heterocycles. The normalized spacial score (nSPS) is 23.1. The molecule has 0 saturated carbocycles. The molecule has 2 heterocycles. The van der Waals surface area contributed by atoms with Gasteiger partial charge in [0.25, 0.3) is 0 Å². The summed E-state index contributed by atoms with van der Waals surface area (Å²) in [6.07, 6.45) is 1.08. The first-order chi connectivity index (χ1) is 17.1. The molecule has 0 fully saturated rings. The van der Waals surface area contributed by atoms with Gasteiger partial charge in [-0.3, -0.25) is 9.59 Å². The molecule has 7 heteroatoms. The number of allylic oxidation sites excluding steroid dienone is 2. The Morgan fingerprint density at radius 2 is 1.91 bits per heavy atom. The third-order valence-electron chi connectivity index (χ3n) is 6.80. The van der Waals surface area contributed by atoms with Gasteiger partial charge in [-0.25, -0.2) is 0 Å². The maximum Gasteiger partial charge on any atom is 0.315 e. The van der Waals surface area contributed by atoms with Crippen molar-refractivity contribution < 1.29 is 23.8 Å². The van der Waals surface area contributed by atoms with Crippen LogP contribution in [0.3, 0.4) is 0 Å². The molecule has 0 aromatic heterocycles. The van der Waals surface area contributed by atoms with Gasteiger partial charge in [-0.15, -0.1) is 0 Å². The number of fused-ring (bicyclic) bond motifs is 1. The molecule has 35 heavy (non-hydrogen) atoms. The van der Waals surface area contributed by atoms with Gasteiger partial charge >= 0.3 is 5.97 Å². The van der Waals surface area contributed by atoms with E-state index in [1.54, 1.807) is 11.8 Å². The molecule has 5 rings (SSSR count). The van der Waals surface area contributed by atoms with Crippen LogP contribution < -0.4 is 14.8 Å². The van der Waals surface area contributed by atoms with Crippen LogP contribution in [0.5, 0.6) is 11.5 Å². The monoisotopic (exact) mass is 491 g/mol. The Morgan fingerprint density at radius 1 is 1.11 bits per heavy atom. The number of ether oxygens (including phenoxy) is 3. The number of esters is 1. The van der Waals surface area contributed by atoms with Crippen LogP contribution in [0.1, 0.15) is 42.7 Å². The average Bonchev–Trinajstić information content (AvgIpc) is 3.34. The number of carbonyl (C=O) groups excluding carboxylic acids is 2. The van der Waals surface area contributed by atoms with Crippen molar-refractivity contribution >= 4 is 23.5 Å². The van der Waals surface area contributed by atoms with E-state index < -0.39 is 11.8 Å². The van der Waals surface area contributed by atoms with Crippen molar-refractivity contribution in [1.29, 1.82) is 0 Å². The van der Waals surface area contributed by atoms with E-state index in [0.717, 1.165) is 28.3 Å². The minimum atomic E-state index is -0.710. The van der Waals surface area contributed by atoms with Gasteiger partial charge in [0.05, 0.1) is 0 Å². The highest BCUT2D eigenvalue weighted by atomic mass is 32.2. The third kappa shape index (κ3) is 4.69. The van der Waals surface area contributed by atoms with Crippen LogP contribution in [-0.4, -0.2) is 36.7 Å². The van der Waals surface area contributed by atoms with E-state index in [1.807, 2.05) is 36.4 Å². The van der Waals surface area contributed by atoms with Crippen LogP contribution in [0.2, 0.25) is 0 Å². The Hall–Kier alpha value is -3.19. The Bertz CT molecular complexity index is 1180. The number of thioether (sulfide) groups is 1. The quantitative estimate of drug-likeness (QED) is 0.435. The summed E-state index contributed by atoms with van der Waals surface area (Å²) in [6, 6.07) is 15.7. The fourth-order valence-electron chi connectivity index (χ4n) is 5.19. The highest BCUT2D eigenvalue weighted by Crippen LogP contribution is 2.48. The zero-order valence-electron chi connectivity index (χ0n) is 19.8. The molecule has 3 atom stereocenters. The fourth-order valence-corrected chi connectivity index (χ4v) is 5.68. The second-order valence-corrected chi connectivity index (χ2v) is 10.3. The molecule has 2 aromatic rings. The van der Waals surface area contributed by atoms with E-state index in [4.69, 9.17) is 14.2 Å². The highest BCUT2D eigenvalue weighted by Gasteiger charge is 2.45. The Morgan fingerprint density at radius 3 is 2.71 bits per heavy atom. The number of carbonyl (C=O) groups is 2. The first-order valence-electron chi connectivity index (χ1n) is 12.0. The van der Waals surface area contributed by atoms with Crippen LogP contribution in [0.15, 0.2) is 72.1 Å². The molecule has 0 saturated heterocycles. The fraction of sp³-hybridized carbons (Fsp3) is 0.357. The first-order valence-corrected chi connectivity index (χ1v) is 13.1. The van der Waals surface area contributed by atoms with Crippen molar-refractivity contribution in [2.45, 2.75) is 31.6 Å². The van der Waals surface area contributed by atoms with E-state index in [1.165, 1.54) is 0 Å². The van der Waals surface area contributed by atoms with Crippen molar-refractivity contribution in [3.63, 3.8) is 0 Å². The van der Waals surface area contributed by atoms with E-state index >= 15 is 0 Å². The standard InChI is InChI=1S/C28H29NO5S/c1-3-35-12-11-32-28(31)25-17(2)29-21-13-20(18-7-5-4-6-8-18)14-22(30)27(21)26(25)19-9-10-23-24(15-19)34-16-33-23/h4-10,15,20,25-26,29H,2-3,11-14,16H2,1H3. The molecule has 1 aliphatic carbocycles. The number of nitrogens with one attached hydrogen (secondary N) is 1. The zero-order chi connectivity index (χ0) is 24.4. The number of rotatable bonds is 7. The van der Waals surface area contributed by atoms with Crippen LogP contribution in [0.25, 0.3) is 0 Å². The number of benzene rings is 2. The summed E-state index contributed by atoms with van der Waals surface area (Å²) in [5, 5.41) is 3.34. The van der Waals surface area contributed by atoms with E-state index in [9.17, 15) is 9.59 Å². The molecule has 2 aromatic carbocycles. The minimum absolute atomic E-state index is 0.0436. The summed E-state index contributed by atoms with van der Waals surface area (Å²) in [4.78, 5) is 27.0. The molecular weight excluding hydrogens is 462 g/mol. The van der Waals surface area contributed by atoms with Gasteiger partial charge < -0.3 is 19.5 Å². The molecule has 0 radical (unpaired) electrons. The lowest BCUT2D eigenvalue weighted by atomic mass is 9.69. The second-order valence-electron chi connectivity index (χ2n) is 8.91. The molecule has 0 amide bonds.